The summed E-state index contributed by atoms with van der Waals surface area (Å²) in [6.07, 6.45) is 4.77. The average Bonchev–Trinajstić information content (AvgIpc) is 2.86. The molecule has 1 atom stereocenters. The highest BCUT2D eigenvalue weighted by Gasteiger charge is 2.42. The second kappa shape index (κ2) is 6.50. The van der Waals surface area contributed by atoms with Crippen LogP contribution in [0.5, 0.6) is 0 Å². The largest absolute Gasteiger partial charge is 0.381 e. The quantitative estimate of drug-likeness (QED) is 0.851. The lowest BCUT2D eigenvalue weighted by atomic mass is 9.84. The summed E-state index contributed by atoms with van der Waals surface area (Å²) in [5.74, 6) is 0. The van der Waals surface area contributed by atoms with Crippen LogP contribution in [0, 0.1) is 0 Å². The first-order valence-corrected chi connectivity index (χ1v) is 7.07. The molecule has 5 heteroatoms. The minimum atomic E-state index is -0.193. The number of hydrogen-bond donors (Lipinski definition) is 1. The van der Waals surface area contributed by atoms with Gasteiger partial charge in [0.1, 0.15) is 0 Å². The van der Waals surface area contributed by atoms with Gasteiger partial charge in [0.05, 0.1) is 17.3 Å². The molecular weight excluding hydrogens is 242 g/mol. The topological polar surface area (TPSA) is 48.3 Å². The van der Waals surface area contributed by atoms with Crippen LogP contribution in [0.25, 0.3) is 0 Å². The van der Waals surface area contributed by atoms with Crippen molar-refractivity contribution in [2.45, 2.75) is 37.8 Å². The van der Waals surface area contributed by atoms with Gasteiger partial charge in [0.2, 0.25) is 0 Å². The van der Waals surface area contributed by atoms with Crippen molar-refractivity contribution in [1.29, 1.82) is 0 Å². The summed E-state index contributed by atoms with van der Waals surface area (Å²) in [5, 5.41) is 7.93. The normalized spacial score (nSPS) is 20.4. The second-order valence-corrected chi connectivity index (χ2v) is 5.15. The Morgan fingerprint density at radius 1 is 1.53 bits per heavy atom. The van der Waals surface area contributed by atoms with E-state index in [4.69, 9.17) is 9.47 Å². The first-order valence-electron chi connectivity index (χ1n) is 7.07. The van der Waals surface area contributed by atoms with Gasteiger partial charge < -0.3 is 14.8 Å². The second-order valence-electron chi connectivity index (χ2n) is 5.15. The van der Waals surface area contributed by atoms with Crippen LogP contribution in [0.3, 0.4) is 0 Å². The summed E-state index contributed by atoms with van der Waals surface area (Å²) in [4.78, 5) is 0. The van der Waals surface area contributed by atoms with Crippen molar-refractivity contribution in [3.8, 4) is 0 Å². The molecule has 1 fully saturated rings. The minimum Gasteiger partial charge on any atom is -0.381 e. The maximum absolute atomic E-state index is 5.93. The van der Waals surface area contributed by atoms with Gasteiger partial charge in [0.15, 0.2) is 0 Å². The lowest BCUT2D eigenvalue weighted by Gasteiger charge is -2.42. The molecule has 0 aromatic carbocycles. The predicted molar refractivity (Wildman–Crippen MR) is 74.0 cm³/mol. The van der Waals surface area contributed by atoms with E-state index in [0.29, 0.717) is 0 Å². The van der Waals surface area contributed by atoms with E-state index < -0.39 is 0 Å². The van der Waals surface area contributed by atoms with Gasteiger partial charge in [-0.15, -0.1) is 0 Å². The summed E-state index contributed by atoms with van der Waals surface area (Å²) < 4.78 is 13.4. The monoisotopic (exact) mass is 267 g/mol. The van der Waals surface area contributed by atoms with E-state index in [-0.39, 0.29) is 11.6 Å². The summed E-state index contributed by atoms with van der Waals surface area (Å²) in [7, 11) is 3.79. The van der Waals surface area contributed by atoms with Crippen molar-refractivity contribution in [3.63, 3.8) is 0 Å². The zero-order valence-corrected chi connectivity index (χ0v) is 12.2. The number of ether oxygens (including phenoxy) is 2. The Morgan fingerprint density at radius 3 is 2.79 bits per heavy atom. The van der Waals surface area contributed by atoms with Gasteiger partial charge in [0.25, 0.3) is 0 Å². The lowest BCUT2D eigenvalue weighted by molar-refractivity contribution is -0.112. The number of methoxy groups -OCH3 is 1. The third kappa shape index (κ3) is 2.99. The van der Waals surface area contributed by atoms with E-state index in [1.54, 1.807) is 0 Å². The molecule has 0 aliphatic carbocycles. The first-order chi connectivity index (χ1) is 9.23. The highest BCUT2D eigenvalue weighted by molar-refractivity contribution is 5.14. The zero-order valence-electron chi connectivity index (χ0n) is 12.2. The highest BCUT2D eigenvalue weighted by atomic mass is 16.5. The molecule has 0 spiro atoms. The molecule has 0 amide bonds. The van der Waals surface area contributed by atoms with Crippen LogP contribution in [0.4, 0.5) is 0 Å². The molecule has 0 bridgehead atoms. The maximum Gasteiger partial charge on any atom is 0.0931 e. The lowest BCUT2D eigenvalue weighted by Crippen LogP contribution is -2.50. The van der Waals surface area contributed by atoms with Crippen LogP contribution in [0.2, 0.25) is 0 Å². The molecule has 1 aromatic rings. The van der Waals surface area contributed by atoms with E-state index in [1.165, 1.54) is 5.69 Å². The van der Waals surface area contributed by atoms with Gasteiger partial charge in [-0.3, -0.25) is 4.68 Å². The molecule has 0 radical (unpaired) electrons. The summed E-state index contributed by atoms with van der Waals surface area (Å²) in [6, 6.07) is 2.23. The van der Waals surface area contributed by atoms with E-state index in [2.05, 4.69) is 23.4 Å². The van der Waals surface area contributed by atoms with Gasteiger partial charge in [-0.05, 0) is 19.0 Å². The van der Waals surface area contributed by atoms with Crippen LogP contribution in [0.1, 0.15) is 37.9 Å². The minimum absolute atomic E-state index is 0.161. The number of aromatic nitrogens is 2. The third-order valence-electron chi connectivity index (χ3n) is 4.02. The summed E-state index contributed by atoms with van der Waals surface area (Å²) in [5.41, 5.74) is 0.985. The molecule has 0 saturated carbocycles. The SMILES string of the molecule is CCCNC(c1ccnn1C)C1(OC)CCOCC1. The van der Waals surface area contributed by atoms with Crippen molar-refractivity contribution in [1.82, 2.24) is 15.1 Å². The molecule has 1 aliphatic heterocycles. The fraction of sp³-hybridized carbons (Fsp3) is 0.786. The van der Waals surface area contributed by atoms with Crippen LogP contribution >= 0.6 is 0 Å². The van der Waals surface area contributed by atoms with Crippen molar-refractivity contribution in [2.75, 3.05) is 26.9 Å². The van der Waals surface area contributed by atoms with Gasteiger partial charge in [-0.1, -0.05) is 6.92 Å². The smallest absolute Gasteiger partial charge is 0.0931 e. The Morgan fingerprint density at radius 2 is 2.26 bits per heavy atom. The molecule has 2 rings (SSSR count). The van der Waals surface area contributed by atoms with Gasteiger partial charge in [-0.2, -0.15) is 5.10 Å². The number of nitrogens with zero attached hydrogens (tertiary/aromatic N) is 2. The van der Waals surface area contributed by atoms with Crippen LogP contribution in [-0.4, -0.2) is 42.2 Å². The average molecular weight is 267 g/mol. The Kier molecular flexibility index (Phi) is 4.96. The third-order valence-corrected chi connectivity index (χ3v) is 4.02. The Bertz CT molecular complexity index is 386. The van der Waals surface area contributed by atoms with E-state index in [1.807, 2.05) is 25.0 Å². The van der Waals surface area contributed by atoms with E-state index in [0.717, 1.165) is 39.0 Å². The van der Waals surface area contributed by atoms with Crippen LogP contribution < -0.4 is 5.32 Å². The Hall–Kier alpha value is -0.910. The van der Waals surface area contributed by atoms with Gasteiger partial charge in [0, 0.05) is 46.4 Å². The number of nitrogens with one attached hydrogen (secondary N) is 1. The molecule has 108 valence electrons. The van der Waals surface area contributed by atoms with Gasteiger partial charge in [-0.25, -0.2) is 0 Å². The molecule has 1 N–H and O–H groups in total. The van der Waals surface area contributed by atoms with Crippen molar-refractivity contribution in [3.05, 3.63) is 18.0 Å². The van der Waals surface area contributed by atoms with Crippen LogP contribution in [0.15, 0.2) is 12.3 Å². The molecule has 2 heterocycles. The number of hydrogen-bond acceptors (Lipinski definition) is 4. The first kappa shape index (κ1) is 14.5. The Balaban J connectivity index is 2.27. The van der Waals surface area contributed by atoms with E-state index >= 15 is 0 Å². The molecule has 5 nitrogen and oxygen atoms in total. The molecule has 1 unspecified atom stereocenters. The number of aryl methyl sites for hydroxylation is 1. The summed E-state index contributed by atoms with van der Waals surface area (Å²) >= 11 is 0. The summed E-state index contributed by atoms with van der Waals surface area (Å²) in [6.45, 7) is 4.67. The van der Waals surface area contributed by atoms with E-state index in [9.17, 15) is 0 Å². The maximum atomic E-state index is 5.93. The predicted octanol–water partition coefficient (Wildman–Crippen LogP) is 1.66. The van der Waals surface area contributed by atoms with Gasteiger partial charge >= 0.3 is 0 Å². The standard InChI is InChI=1S/C14H25N3O2/c1-4-8-15-13(12-5-9-16-17(12)2)14(18-3)6-10-19-11-7-14/h5,9,13,15H,4,6-8,10-11H2,1-3H3. The van der Waals surface area contributed by atoms with Crippen LogP contribution in [-0.2, 0) is 16.5 Å². The fourth-order valence-corrected chi connectivity index (χ4v) is 2.84. The number of rotatable bonds is 6. The van der Waals surface area contributed by atoms with Crippen molar-refractivity contribution >= 4 is 0 Å². The molecule has 1 saturated heterocycles. The zero-order chi connectivity index (χ0) is 13.7. The Labute approximate surface area is 115 Å². The molecule has 1 aromatic heterocycles. The highest BCUT2D eigenvalue weighted by Crippen LogP contribution is 2.37. The molecule has 19 heavy (non-hydrogen) atoms. The molecular formula is C14H25N3O2. The fourth-order valence-electron chi connectivity index (χ4n) is 2.84. The van der Waals surface area contributed by atoms with Crippen molar-refractivity contribution < 1.29 is 9.47 Å². The van der Waals surface area contributed by atoms with Crippen molar-refractivity contribution in [2.24, 2.45) is 7.05 Å². The molecule has 1 aliphatic rings.